The molecule has 17 nitrogen and oxygen atoms in total. The van der Waals surface area contributed by atoms with Crippen molar-refractivity contribution in [1.82, 2.24) is 9.97 Å². The second-order valence-corrected chi connectivity index (χ2v) is 12.4. The van der Waals surface area contributed by atoms with Gasteiger partial charge in [0.1, 0.15) is 24.4 Å². The van der Waals surface area contributed by atoms with Gasteiger partial charge in [-0.2, -0.15) is 4.39 Å². The van der Waals surface area contributed by atoms with Gasteiger partial charge in [0, 0.05) is 18.0 Å². The largest absolute Gasteiger partial charge is 0.502 e. The molecule has 5 heterocycles. The van der Waals surface area contributed by atoms with Crippen molar-refractivity contribution in [1.29, 1.82) is 0 Å². The van der Waals surface area contributed by atoms with Gasteiger partial charge in [-0.15, -0.1) is 0 Å². The first-order valence-electron chi connectivity index (χ1n) is 16.0. The second kappa shape index (κ2) is 13.8. The van der Waals surface area contributed by atoms with Crippen LogP contribution in [0.15, 0.2) is 40.1 Å². The zero-order valence-electron chi connectivity index (χ0n) is 27.4. The number of hydrogen-bond donors (Lipinski definition) is 5. The molecule has 10 atom stereocenters. The molecular weight excluding hydrogens is 683 g/mol. The van der Waals surface area contributed by atoms with Gasteiger partial charge in [-0.25, -0.2) is 4.79 Å². The van der Waals surface area contributed by atoms with E-state index in [-0.39, 0.29) is 37.3 Å². The smallest absolute Gasteiger partial charge is 0.325 e. The number of carbonyl (C=O) groups is 1. The van der Waals surface area contributed by atoms with Crippen molar-refractivity contribution in [2.75, 3.05) is 34.2 Å². The first kappa shape index (κ1) is 34.7. The Morgan fingerprint density at radius 3 is 2.24 bits per heavy atom. The molecule has 274 valence electrons. The van der Waals surface area contributed by atoms with Gasteiger partial charge in [0.2, 0.25) is 18.4 Å². The Bertz CT molecular complexity index is 1890. The first-order chi connectivity index (χ1) is 24.5. The average molecular weight is 719 g/mol. The maximum atomic E-state index is 13.4. The fraction of sp³-hybridized carbons (Fsp3) is 0.485. The highest BCUT2D eigenvalue weighted by Crippen LogP contribution is 2.57. The third-order valence-corrected chi connectivity index (χ3v) is 9.52. The molecule has 8 rings (SSSR count). The number of aromatic hydroxyl groups is 1. The van der Waals surface area contributed by atoms with E-state index in [0.717, 1.165) is 0 Å². The van der Waals surface area contributed by atoms with E-state index in [1.807, 2.05) is 4.98 Å². The molecule has 3 fully saturated rings. The summed E-state index contributed by atoms with van der Waals surface area (Å²) >= 11 is 0. The number of nitrogens with one attached hydrogen (secondary N) is 2. The Hall–Kier alpha value is -4.72. The van der Waals surface area contributed by atoms with Gasteiger partial charge in [-0.3, -0.25) is 14.6 Å². The number of carbonyl (C=O) groups excluding carboxylic acids is 1. The number of aromatic amines is 2. The molecule has 0 amide bonds. The molecule has 0 bridgehead atoms. The maximum Gasteiger partial charge on any atom is 0.325 e. The first-order valence-corrected chi connectivity index (χ1v) is 16.0. The Morgan fingerprint density at radius 2 is 1.59 bits per heavy atom. The number of aliphatic hydroxyl groups is 2. The minimum atomic E-state index is -1.44. The summed E-state index contributed by atoms with van der Waals surface area (Å²) in [6.07, 6.45) is -6.09. The highest BCUT2D eigenvalue weighted by atomic mass is 19.1. The number of ether oxygens (including phenoxy) is 9. The number of phenolic OH excluding ortho intramolecular Hbond substituents is 1. The lowest BCUT2D eigenvalue weighted by Gasteiger charge is -2.47. The molecule has 1 aliphatic carbocycles. The van der Waals surface area contributed by atoms with Gasteiger partial charge >= 0.3 is 11.7 Å². The van der Waals surface area contributed by atoms with Crippen LogP contribution in [0.5, 0.6) is 28.7 Å². The molecule has 2 aromatic carbocycles. The van der Waals surface area contributed by atoms with Crippen molar-refractivity contribution in [3.05, 3.63) is 73.8 Å². The Morgan fingerprint density at radius 1 is 0.902 bits per heavy atom. The van der Waals surface area contributed by atoms with Crippen LogP contribution in [0.4, 0.5) is 4.39 Å². The van der Waals surface area contributed by atoms with E-state index in [1.54, 1.807) is 36.2 Å². The molecule has 3 aromatic rings. The summed E-state index contributed by atoms with van der Waals surface area (Å²) in [6, 6.07) is 6.93. The molecule has 2 unspecified atom stereocenters. The van der Waals surface area contributed by atoms with E-state index in [2.05, 4.69) is 0 Å². The lowest BCUT2D eigenvalue weighted by atomic mass is 9.66. The molecule has 0 spiro atoms. The van der Waals surface area contributed by atoms with Crippen LogP contribution in [0.2, 0.25) is 0 Å². The van der Waals surface area contributed by atoms with E-state index >= 15 is 0 Å². The fourth-order valence-corrected chi connectivity index (χ4v) is 7.13. The lowest BCUT2D eigenvalue weighted by molar-refractivity contribution is -0.364. The summed E-state index contributed by atoms with van der Waals surface area (Å²) in [5.74, 6) is -2.02. The number of aliphatic hydroxyl groups excluding tert-OH is 2. The molecule has 0 saturated carbocycles. The summed E-state index contributed by atoms with van der Waals surface area (Å²) in [6.45, 7) is 1.93. The predicted octanol–water partition coefficient (Wildman–Crippen LogP) is 0.541. The van der Waals surface area contributed by atoms with Gasteiger partial charge < -0.3 is 62.9 Å². The van der Waals surface area contributed by atoms with Gasteiger partial charge in [0.05, 0.1) is 39.5 Å². The van der Waals surface area contributed by atoms with Crippen molar-refractivity contribution in [3.8, 4) is 28.7 Å². The van der Waals surface area contributed by atoms with Crippen LogP contribution >= 0.6 is 0 Å². The second-order valence-electron chi connectivity index (χ2n) is 12.4. The van der Waals surface area contributed by atoms with Crippen molar-refractivity contribution in [3.63, 3.8) is 0 Å². The van der Waals surface area contributed by atoms with Gasteiger partial charge in [-0.05, 0) is 47.9 Å². The molecule has 51 heavy (non-hydrogen) atoms. The molecule has 5 aliphatic rings. The summed E-state index contributed by atoms with van der Waals surface area (Å²) in [5, 5.41) is 32.5. The van der Waals surface area contributed by atoms with Crippen LogP contribution in [0.1, 0.15) is 35.6 Å². The van der Waals surface area contributed by atoms with Crippen molar-refractivity contribution in [2.24, 2.45) is 11.8 Å². The zero-order valence-corrected chi connectivity index (χ0v) is 27.4. The highest BCUT2D eigenvalue weighted by molar-refractivity contribution is 5.79. The molecule has 4 aliphatic heterocycles. The number of cyclic esters (lactones) is 1. The van der Waals surface area contributed by atoms with E-state index in [0.29, 0.717) is 34.4 Å². The molecule has 18 heteroatoms. The number of esters is 1. The normalized spacial score (nSPS) is 31.7. The number of halogens is 1. The minimum absolute atomic E-state index is 0.0301. The van der Waals surface area contributed by atoms with Gasteiger partial charge in [0.25, 0.3) is 5.56 Å². The van der Waals surface area contributed by atoms with E-state index in [4.69, 9.17) is 42.6 Å². The zero-order chi connectivity index (χ0) is 36.1. The van der Waals surface area contributed by atoms with Crippen molar-refractivity contribution < 1.29 is 67.1 Å². The van der Waals surface area contributed by atoms with Gasteiger partial charge in [-0.1, -0.05) is 0 Å². The number of hydrogen-bond acceptors (Lipinski definition) is 15. The van der Waals surface area contributed by atoms with Crippen LogP contribution in [0.25, 0.3) is 0 Å². The number of rotatable bonds is 5. The third kappa shape index (κ3) is 6.27. The standard InChI is InChI=1S/C29H32O13.C4H3FN2O2/c1-11-36-9-20-27(40-11)24(31)25(32)29(41-20)42-26-14-7-17-16(38-10-39-17)6-13(14)21(22-15(26)8-37-28(22)33)12-4-18(34-2)23(30)19(5-12)35-3;5-2-1-6-4(9)7-3(2)8/h4-7,11,15,20-22,24-27,29-32H,8-10H2,1-3H3;1H,(H2,6,7,8,9)/t11-,15?,20-,21-,22+,24-,25-,26?,27-,29+;/m1./s1. The lowest BCUT2D eigenvalue weighted by Crippen LogP contribution is -2.63. The molecular formula is C33H35FN2O15. The summed E-state index contributed by atoms with van der Waals surface area (Å²) in [5.41, 5.74) is 0.305. The summed E-state index contributed by atoms with van der Waals surface area (Å²) in [4.78, 5) is 37.4. The Balaban J connectivity index is 0.000000395. The minimum Gasteiger partial charge on any atom is -0.502 e. The van der Waals surface area contributed by atoms with Crippen LogP contribution in [0.3, 0.4) is 0 Å². The Labute approximate surface area is 287 Å². The van der Waals surface area contributed by atoms with Crippen molar-refractivity contribution >= 4 is 5.97 Å². The molecule has 0 radical (unpaired) electrons. The van der Waals surface area contributed by atoms with Crippen LogP contribution in [-0.4, -0.2) is 102 Å². The Kier molecular flexibility index (Phi) is 9.38. The topological polar surface area (TPSA) is 227 Å². The summed E-state index contributed by atoms with van der Waals surface area (Å²) in [7, 11) is 2.86. The van der Waals surface area contributed by atoms with E-state index in [1.165, 1.54) is 14.2 Å². The van der Waals surface area contributed by atoms with Crippen LogP contribution in [-0.2, 0) is 28.5 Å². The predicted molar refractivity (Wildman–Crippen MR) is 166 cm³/mol. The van der Waals surface area contributed by atoms with Gasteiger partial charge in [0.15, 0.2) is 35.6 Å². The molecule has 5 N–H and O–H groups in total. The van der Waals surface area contributed by atoms with Crippen LogP contribution in [0, 0.1) is 17.7 Å². The third-order valence-electron chi connectivity index (χ3n) is 9.52. The number of aromatic nitrogens is 2. The van der Waals surface area contributed by atoms with Crippen molar-refractivity contribution in [2.45, 2.75) is 55.9 Å². The monoisotopic (exact) mass is 718 g/mol. The summed E-state index contributed by atoms with van der Waals surface area (Å²) < 4.78 is 63.5. The SMILES string of the molecule is COc1cc([C@@H]2c3cc4c(cc3C(O[C@@H]3O[C@@H]5CO[C@@H](C)O[C@H]5[C@H](O)[C@H]3O)C3COC(=O)[C@@H]32)OCO4)cc(OC)c1O.O=c1[nH]cc(F)c(=O)[nH]1. The maximum absolute atomic E-state index is 13.4. The number of H-pyrrole nitrogens is 2. The van der Waals surface area contributed by atoms with E-state index < -0.39 is 83.9 Å². The number of fused-ring (bicyclic) bond motifs is 4. The number of benzene rings is 2. The van der Waals surface area contributed by atoms with E-state index in [9.17, 15) is 34.1 Å². The quantitative estimate of drug-likeness (QED) is 0.227. The van der Waals surface area contributed by atoms with Crippen LogP contribution < -0.4 is 30.2 Å². The average Bonchev–Trinajstić information content (AvgIpc) is 3.74. The highest BCUT2D eigenvalue weighted by Gasteiger charge is 2.56. The molecule has 3 saturated heterocycles. The molecule has 1 aromatic heterocycles. The number of phenols is 1. The fourth-order valence-electron chi connectivity index (χ4n) is 7.13. The number of methoxy groups -OCH3 is 2.